The van der Waals surface area contributed by atoms with Gasteiger partial charge in [-0.3, -0.25) is 0 Å². The van der Waals surface area contributed by atoms with Gasteiger partial charge in [0.05, 0.1) is 0 Å². The molecule has 0 fully saturated rings. The summed E-state index contributed by atoms with van der Waals surface area (Å²) >= 11 is 0. The van der Waals surface area contributed by atoms with Crippen molar-refractivity contribution in [1.82, 2.24) is 0 Å². The summed E-state index contributed by atoms with van der Waals surface area (Å²) in [6.45, 7) is 3.63. The Labute approximate surface area is 102 Å². The molecule has 2 rings (SSSR count). The molecule has 2 aromatic carbocycles. The third-order valence-electron chi connectivity index (χ3n) is 2.13. The molecular formula is C14H15BO2. The van der Waals surface area contributed by atoms with Gasteiger partial charge in [-0.15, -0.1) is 0 Å². The molecule has 0 aliphatic rings. The lowest BCUT2D eigenvalue weighted by Crippen LogP contribution is -2.29. The van der Waals surface area contributed by atoms with Crippen molar-refractivity contribution in [2.24, 2.45) is 0 Å². The Morgan fingerprint density at radius 1 is 0.824 bits per heavy atom. The average molecular weight is 226 g/mol. The van der Waals surface area contributed by atoms with E-state index in [9.17, 15) is 0 Å². The molecule has 0 aliphatic carbocycles. The lowest BCUT2D eigenvalue weighted by Gasteiger charge is -1.94. The van der Waals surface area contributed by atoms with Crippen LogP contribution in [-0.4, -0.2) is 17.2 Å². The highest BCUT2D eigenvalue weighted by Crippen LogP contribution is 1.97. The van der Waals surface area contributed by atoms with Gasteiger partial charge >= 0.3 is 7.12 Å². The minimum absolute atomic E-state index is 0.525. The van der Waals surface area contributed by atoms with Gasteiger partial charge in [-0.2, -0.15) is 0 Å². The van der Waals surface area contributed by atoms with E-state index in [1.807, 2.05) is 42.5 Å². The van der Waals surface area contributed by atoms with Gasteiger partial charge in [0.2, 0.25) is 0 Å². The molecule has 0 aliphatic heterocycles. The minimum atomic E-state index is -1.34. The zero-order chi connectivity index (χ0) is 12.5. The van der Waals surface area contributed by atoms with Gasteiger partial charge in [-0.25, -0.2) is 0 Å². The number of hydrogen-bond acceptors (Lipinski definition) is 2. The van der Waals surface area contributed by atoms with E-state index in [-0.39, 0.29) is 0 Å². The first-order valence-corrected chi connectivity index (χ1v) is 5.32. The molecule has 3 heteroatoms. The van der Waals surface area contributed by atoms with Gasteiger partial charge in [0.15, 0.2) is 0 Å². The van der Waals surface area contributed by atoms with Crippen molar-refractivity contribution in [2.75, 3.05) is 0 Å². The van der Waals surface area contributed by atoms with E-state index >= 15 is 0 Å². The highest BCUT2D eigenvalue weighted by molar-refractivity contribution is 6.58. The SMILES string of the molecule is C=Cc1ccccc1.OB(O)c1ccccc1. The summed E-state index contributed by atoms with van der Waals surface area (Å²) < 4.78 is 0. The topological polar surface area (TPSA) is 40.5 Å². The fourth-order valence-electron chi connectivity index (χ4n) is 1.21. The Morgan fingerprint density at radius 3 is 1.59 bits per heavy atom. The number of benzene rings is 2. The van der Waals surface area contributed by atoms with E-state index in [2.05, 4.69) is 6.58 Å². The summed E-state index contributed by atoms with van der Waals surface area (Å²) in [6.07, 6.45) is 1.83. The summed E-state index contributed by atoms with van der Waals surface area (Å²) in [5, 5.41) is 17.2. The van der Waals surface area contributed by atoms with Crippen LogP contribution in [0.25, 0.3) is 6.08 Å². The molecular weight excluding hydrogens is 211 g/mol. The molecule has 2 aromatic rings. The second-order valence-corrected chi connectivity index (χ2v) is 3.40. The van der Waals surface area contributed by atoms with Crippen molar-refractivity contribution in [3.63, 3.8) is 0 Å². The Balaban J connectivity index is 0.000000171. The Hall–Kier alpha value is -1.84. The average Bonchev–Trinajstić information content (AvgIpc) is 2.41. The molecule has 0 spiro atoms. The van der Waals surface area contributed by atoms with Crippen LogP contribution < -0.4 is 5.46 Å². The van der Waals surface area contributed by atoms with Gasteiger partial charge in [0.1, 0.15) is 0 Å². The number of rotatable bonds is 2. The standard InChI is InChI=1S/C8H8.C6H7BO2/c1-2-8-6-4-3-5-7-8;8-7(9)6-4-2-1-3-5-6/h2-7H,1H2;1-5,8-9H. The highest BCUT2D eigenvalue weighted by Gasteiger charge is 2.07. The molecule has 0 radical (unpaired) electrons. The zero-order valence-electron chi connectivity index (χ0n) is 9.53. The zero-order valence-corrected chi connectivity index (χ0v) is 9.53. The molecule has 86 valence electrons. The van der Waals surface area contributed by atoms with Crippen molar-refractivity contribution in [3.8, 4) is 0 Å². The highest BCUT2D eigenvalue weighted by atomic mass is 16.4. The van der Waals surface area contributed by atoms with Crippen LogP contribution in [0.4, 0.5) is 0 Å². The maximum absolute atomic E-state index is 8.58. The third-order valence-corrected chi connectivity index (χ3v) is 2.13. The van der Waals surface area contributed by atoms with Crippen molar-refractivity contribution < 1.29 is 10.0 Å². The fourth-order valence-corrected chi connectivity index (χ4v) is 1.21. The quantitative estimate of drug-likeness (QED) is 0.765. The molecule has 0 saturated heterocycles. The summed E-state index contributed by atoms with van der Waals surface area (Å²) in [5.74, 6) is 0. The van der Waals surface area contributed by atoms with Gasteiger partial charge in [0, 0.05) is 0 Å². The molecule has 0 unspecified atom stereocenters. The van der Waals surface area contributed by atoms with E-state index < -0.39 is 7.12 Å². The van der Waals surface area contributed by atoms with E-state index in [1.165, 1.54) is 5.56 Å². The first-order valence-electron chi connectivity index (χ1n) is 5.32. The molecule has 2 nitrogen and oxygen atoms in total. The predicted octanol–water partition coefficient (Wildman–Crippen LogP) is 1.70. The van der Waals surface area contributed by atoms with Crippen LogP contribution in [0.15, 0.2) is 67.2 Å². The molecule has 17 heavy (non-hydrogen) atoms. The van der Waals surface area contributed by atoms with E-state index in [1.54, 1.807) is 24.3 Å². The third kappa shape index (κ3) is 5.16. The van der Waals surface area contributed by atoms with E-state index in [4.69, 9.17) is 10.0 Å². The van der Waals surface area contributed by atoms with Crippen molar-refractivity contribution in [1.29, 1.82) is 0 Å². The van der Waals surface area contributed by atoms with Gasteiger partial charge in [-0.1, -0.05) is 73.3 Å². The monoisotopic (exact) mass is 226 g/mol. The molecule has 0 saturated carbocycles. The molecule has 0 atom stereocenters. The maximum atomic E-state index is 8.58. The van der Waals surface area contributed by atoms with Crippen LogP contribution in [0.3, 0.4) is 0 Å². The summed E-state index contributed by atoms with van der Waals surface area (Å²) in [7, 11) is -1.34. The van der Waals surface area contributed by atoms with Gasteiger partial charge < -0.3 is 10.0 Å². The van der Waals surface area contributed by atoms with Crippen LogP contribution in [0.5, 0.6) is 0 Å². The summed E-state index contributed by atoms with van der Waals surface area (Å²) in [5.41, 5.74) is 1.70. The van der Waals surface area contributed by atoms with E-state index in [0.717, 1.165) is 0 Å². The smallest absolute Gasteiger partial charge is 0.423 e. The molecule has 0 bridgehead atoms. The van der Waals surface area contributed by atoms with Crippen LogP contribution in [0.1, 0.15) is 5.56 Å². The van der Waals surface area contributed by atoms with Crippen molar-refractivity contribution >= 4 is 18.7 Å². The largest absolute Gasteiger partial charge is 0.488 e. The number of hydrogen-bond donors (Lipinski definition) is 2. The van der Waals surface area contributed by atoms with Gasteiger partial charge in [0.25, 0.3) is 0 Å². The Morgan fingerprint density at radius 2 is 1.29 bits per heavy atom. The molecule has 0 aromatic heterocycles. The fraction of sp³-hybridized carbons (Fsp3) is 0. The summed E-state index contributed by atoms with van der Waals surface area (Å²) in [6, 6.07) is 18.7. The van der Waals surface area contributed by atoms with Crippen LogP contribution in [-0.2, 0) is 0 Å². The first kappa shape index (κ1) is 13.2. The predicted molar refractivity (Wildman–Crippen MR) is 72.8 cm³/mol. The summed E-state index contributed by atoms with van der Waals surface area (Å²) in [4.78, 5) is 0. The lowest BCUT2D eigenvalue weighted by atomic mass is 9.81. The Bertz CT molecular complexity index is 426. The van der Waals surface area contributed by atoms with Crippen molar-refractivity contribution in [2.45, 2.75) is 0 Å². The van der Waals surface area contributed by atoms with Crippen LogP contribution >= 0.6 is 0 Å². The maximum Gasteiger partial charge on any atom is 0.488 e. The minimum Gasteiger partial charge on any atom is -0.423 e. The van der Waals surface area contributed by atoms with Crippen molar-refractivity contribution in [3.05, 3.63) is 72.8 Å². The molecule has 2 N–H and O–H groups in total. The van der Waals surface area contributed by atoms with Crippen LogP contribution in [0.2, 0.25) is 0 Å². The first-order chi connectivity index (χ1) is 8.24. The van der Waals surface area contributed by atoms with E-state index in [0.29, 0.717) is 5.46 Å². The molecule has 0 amide bonds. The second-order valence-electron chi connectivity index (χ2n) is 3.40. The Kier molecular flexibility index (Phi) is 5.79. The normalized spacial score (nSPS) is 8.82. The molecule has 0 heterocycles. The second kappa shape index (κ2) is 7.44. The lowest BCUT2D eigenvalue weighted by molar-refractivity contribution is 0.426. The van der Waals surface area contributed by atoms with Gasteiger partial charge in [-0.05, 0) is 11.0 Å². The van der Waals surface area contributed by atoms with Crippen LogP contribution in [0, 0.1) is 0 Å².